The van der Waals surface area contributed by atoms with Crippen LogP contribution in [0.2, 0.25) is 0 Å². The molecule has 0 unspecified atom stereocenters. The second-order valence-corrected chi connectivity index (χ2v) is 7.76. The van der Waals surface area contributed by atoms with E-state index in [0.29, 0.717) is 11.6 Å². The van der Waals surface area contributed by atoms with Gasteiger partial charge in [0.15, 0.2) is 10.9 Å². The maximum absolute atomic E-state index is 13.6. The first-order valence-electron chi connectivity index (χ1n) is 6.93. The fourth-order valence-electron chi connectivity index (χ4n) is 1.88. The molecule has 2 aromatic carbocycles. The van der Waals surface area contributed by atoms with E-state index in [1.54, 1.807) is 0 Å². The number of nitrogens with one attached hydrogen (secondary N) is 1. The van der Waals surface area contributed by atoms with E-state index in [-0.39, 0.29) is 22.3 Å². The largest absolute Gasteiger partial charge is 0.293 e. The molecule has 0 amide bonds. The Bertz CT molecular complexity index is 912. The Hall–Kier alpha value is -2.26. The molecule has 2 aromatic rings. The van der Waals surface area contributed by atoms with E-state index in [9.17, 15) is 26.8 Å². The van der Waals surface area contributed by atoms with Gasteiger partial charge in [0.1, 0.15) is 16.5 Å². The molecule has 0 aliphatic heterocycles. The van der Waals surface area contributed by atoms with Crippen molar-refractivity contribution >= 4 is 38.4 Å². The zero-order chi connectivity index (χ0) is 18.6. The highest BCUT2D eigenvalue weighted by atomic mass is 32.2. The summed E-state index contributed by atoms with van der Waals surface area (Å²) in [7, 11) is -4.24. The summed E-state index contributed by atoms with van der Waals surface area (Å²) < 4.78 is 53.0. The second-order valence-electron chi connectivity index (χ2n) is 4.96. The molecule has 0 bridgehead atoms. The van der Waals surface area contributed by atoms with Crippen molar-refractivity contribution in [2.45, 2.75) is 11.8 Å². The summed E-state index contributed by atoms with van der Waals surface area (Å²) in [5.41, 5.74) is 0.421. The van der Waals surface area contributed by atoms with Crippen molar-refractivity contribution in [2.24, 2.45) is 0 Å². The van der Waals surface area contributed by atoms with Crippen molar-refractivity contribution in [3.8, 4) is 0 Å². The second kappa shape index (κ2) is 7.75. The Kier molecular flexibility index (Phi) is 5.91. The Morgan fingerprint density at radius 3 is 2.28 bits per heavy atom. The van der Waals surface area contributed by atoms with Gasteiger partial charge in [0, 0.05) is 24.2 Å². The minimum atomic E-state index is -4.24. The van der Waals surface area contributed by atoms with E-state index in [4.69, 9.17) is 0 Å². The number of carbonyl (C=O) groups excluding carboxylic acids is 2. The van der Waals surface area contributed by atoms with Gasteiger partial charge in [-0.15, -0.1) is 0 Å². The van der Waals surface area contributed by atoms with Gasteiger partial charge < -0.3 is 0 Å². The smallest absolute Gasteiger partial charge is 0.264 e. The molecule has 0 aliphatic rings. The van der Waals surface area contributed by atoms with Crippen LogP contribution in [-0.4, -0.2) is 25.1 Å². The molecule has 25 heavy (non-hydrogen) atoms. The van der Waals surface area contributed by atoms with Crippen LogP contribution in [-0.2, 0) is 14.8 Å². The summed E-state index contributed by atoms with van der Waals surface area (Å²) in [6.07, 6.45) is 0. The van der Waals surface area contributed by atoms with Crippen molar-refractivity contribution in [3.05, 3.63) is 59.7 Å². The monoisotopic (exact) mass is 385 g/mol. The number of thioether (sulfide) groups is 1. The summed E-state index contributed by atoms with van der Waals surface area (Å²) in [4.78, 5) is 22.0. The number of ketones is 1. The molecule has 1 N–H and O–H groups in total. The van der Waals surface area contributed by atoms with Crippen LogP contribution in [0.3, 0.4) is 0 Å². The predicted octanol–water partition coefficient (Wildman–Crippen LogP) is 3.23. The molecule has 0 aromatic heterocycles. The lowest BCUT2D eigenvalue weighted by atomic mass is 10.1. The lowest BCUT2D eigenvalue weighted by Gasteiger charge is -2.09. The molecule has 9 heteroatoms. The zero-order valence-corrected chi connectivity index (χ0v) is 14.6. The normalized spacial score (nSPS) is 11.2. The first-order chi connectivity index (χ1) is 11.7. The van der Waals surface area contributed by atoms with E-state index in [0.717, 1.165) is 23.9 Å². The number of anilines is 1. The average Bonchev–Trinajstić information content (AvgIpc) is 2.52. The van der Waals surface area contributed by atoms with Crippen LogP contribution in [0.15, 0.2) is 47.4 Å². The van der Waals surface area contributed by atoms with Crippen LogP contribution < -0.4 is 4.72 Å². The molecule has 0 atom stereocenters. The minimum Gasteiger partial charge on any atom is -0.293 e. The Morgan fingerprint density at radius 2 is 1.72 bits per heavy atom. The van der Waals surface area contributed by atoms with Gasteiger partial charge in [-0.1, -0.05) is 11.8 Å². The number of Topliss-reactive ketones (excluding diaryl/α,β-unsaturated/α-hetero) is 1. The van der Waals surface area contributed by atoms with Gasteiger partial charge in [0.2, 0.25) is 0 Å². The third-order valence-electron chi connectivity index (χ3n) is 3.05. The summed E-state index contributed by atoms with van der Waals surface area (Å²) in [5, 5.41) is -0.181. The van der Waals surface area contributed by atoms with Crippen molar-refractivity contribution in [3.63, 3.8) is 0 Å². The standard InChI is InChI=1S/C16H13F2NO4S2/c1-10(20)24-9-15(21)11-2-5-13(6-3-11)19-25(22,23)16-7-4-12(17)8-14(16)18/h2-8,19H,9H2,1H3. The van der Waals surface area contributed by atoms with Crippen molar-refractivity contribution in [1.29, 1.82) is 0 Å². The summed E-state index contributed by atoms with van der Waals surface area (Å²) in [5.74, 6) is -2.39. The van der Waals surface area contributed by atoms with E-state index < -0.39 is 26.6 Å². The number of halogens is 2. The van der Waals surface area contributed by atoms with Crippen LogP contribution in [0, 0.1) is 11.6 Å². The fraction of sp³-hybridized carbons (Fsp3) is 0.125. The topological polar surface area (TPSA) is 80.3 Å². The molecule has 0 fully saturated rings. The van der Waals surface area contributed by atoms with Crippen molar-refractivity contribution < 1.29 is 26.8 Å². The Balaban J connectivity index is 2.15. The van der Waals surface area contributed by atoms with Gasteiger partial charge in [0.05, 0.1) is 5.75 Å². The third-order valence-corrected chi connectivity index (χ3v) is 5.28. The molecule has 2 rings (SSSR count). The van der Waals surface area contributed by atoms with Crippen LogP contribution in [0.25, 0.3) is 0 Å². The maximum atomic E-state index is 13.6. The molecule has 5 nitrogen and oxygen atoms in total. The molecule has 0 heterocycles. The number of hydrogen-bond acceptors (Lipinski definition) is 5. The molecule has 0 aliphatic carbocycles. The number of rotatable bonds is 6. The van der Waals surface area contributed by atoms with Gasteiger partial charge in [-0.3, -0.25) is 14.3 Å². The summed E-state index contributed by atoms with van der Waals surface area (Å²) in [6.45, 7) is 1.35. The van der Waals surface area contributed by atoms with Crippen LogP contribution in [0.5, 0.6) is 0 Å². The maximum Gasteiger partial charge on any atom is 0.264 e. The van der Waals surface area contributed by atoms with Crippen LogP contribution in [0.1, 0.15) is 17.3 Å². The fourth-order valence-corrected chi connectivity index (χ4v) is 3.50. The summed E-state index contributed by atoms with van der Waals surface area (Å²) in [6, 6.07) is 7.60. The highest BCUT2D eigenvalue weighted by Crippen LogP contribution is 2.20. The molecule has 0 spiro atoms. The highest BCUT2D eigenvalue weighted by Gasteiger charge is 2.20. The average molecular weight is 385 g/mol. The molecule has 0 saturated carbocycles. The Labute approximate surface area is 147 Å². The van der Waals surface area contributed by atoms with Crippen molar-refractivity contribution in [1.82, 2.24) is 0 Å². The molecule has 132 valence electrons. The lowest BCUT2D eigenvalue weighted by molar-refractivity contribution is -0.109. The molecular weight excluding hydrogens is 372 g/mol. The van der Waals surface area contributed by atoms with Gasteiger partial charge in [-0.2, -0.15) is 0 Å². The number of benzene rings is 2. The first-order valence-corrected chi connectivity index (χ1v) is 9.40. The summed E-state index contributed by atoms with van der Waals surface area (Å²) >= 11 is 0.876. The van der Waals surface area contributed by atoms with E-state index in [1.165, 1.54) is 31.2 Å². The quantitative estimate of drug-likeness (QED) is 0.773. The van der Waals surface area contributed by atoms with Crippen LogP contribution >= 0.6 is 11.8 Å². The highest BCUT2D eigenvalue weighted by molar-refractivity contribution is 8.14. The van der Waals surface area contributed by atoms with Crippen molar-refractivity contribution in [2.75, 3.05) is 10.5 Å². The van der Waals surface area contributed by atoms with Gasteiger partial charge >= 0.3 is 0 Å². The van der Waals surface area contributed by atoms with E-state index >= 15 is 0 Å². The minimum absolute atomic E-state index is 0.0127. The molecular formula is C16H13F2NO4S2. The predicted molar refractivity (Wildman–Crippen MR) is 91.1 cm³/mol. The number of hydrogen-bond donors (Lipinski definition) is 1. The van der Waals surface area contributed by atoms with Gasteiger partial charge in [0.25, 0.3) is 10.0 Å². The molecule has 0 saturated heterocycles. The first kappa shape index (κ1) is 19.1. The number of carbonyl (C=O) groups is 2. The van der Waals surface area contributed by atoms with Crippen LogP contribution in [0.4, 0.5) is 14.5 Å². The number of sulfonamides is 1. The lowest BCUT2D eigenvalue weighted by Crippen LogP contribution is -2.15. The van der Waals surface area contributed by atoms with Gasteiger partial charge in [-0.25, -0.2) is 17.2 Å². The molecule has 0 radical (unpaired) electrons. The van der Waals surface area contributed by atoms with E-state index in [1.807, 2.05) is 0 Å². The SMILES string of the molecule is CC(=O)SCC(=O)c1ccc(NS(=O)(=O)c2ccc(F)cc2F)cc1. The van der Waals surface area contributed by atoms with E-state index in [2.05, 4.69) is 4.72 Å². The third kappa shape index (κ3) is 5.10. The zero-order valence-electron chi connectivity index (χ0n) is 13.0. The van der Waals surface area contributed by atoms with Gasteiger partial charge in [-0.05, 0) is 36.4 Å². The Morgan fingerprint density at radius 1 is 1.08 bits per heavy atom.